The number of nitrogens with one attached hydrogen (secondary N) is 1. The highest BCUT2D eigenvalue weighted by molar-refractivity contribution is 6.31. The summed E-state index contributed by atoms with van der Waals surface area (Å²) in [6, 6.07) is 4.82. The standard InChI is InChI=1S/C13H15ClN2O3/c14-9-5-8(6-10(15)7-9)13(18)19-4-3-12(17)16-11-1-2-11/h5-7,11H,1-4,15H2,(H,16,17). The van der Waals surface area contributed by atoms with Crippen LogP contribution in [0, 0.1) is 0 Å². The molecule has 0 aliphatic heterocycles. The van der Waals surface area contributed by atoms with Gasteiger partial charge in [0, 0.05) is 16.8 Å². The van der Waals surface area contributed by atoms with Crippen LogP contribution in [0.3, 0.4) is 0 Å². The largest absolute Gasteiger partial charge is 0.462 e. The molecule has 102 valence electrons. The molecule has 0 bridgehead atoms. The van der Waals surface area contributed by atoms with Crippen molar-refractivity contribution in [2.75, 3.05) is 12.3 Å². The zero-order valence-corrected chi connectivity index (χ0v) is 11.1. The van der Waals surface area contributed by atoms with Crippen molar-refractivity contribution in [3.63, 3.8) is 0 Å². The van der Waals surface area contributed by atoms with Gasteiger partial charge in [0.2, 0.25) is 5.91 Å². The number of esters is 1. The maximum Gasteiger partial charge on any atom is 0.338 e. The topological polar surface area (TPSA) is 81.4 Å². The van der Waals surface area contributed by atoms with Gasteiger partial charge in [-0.1, -0.05) is 11.6 Å². The van der Waals surface area contributed by atoms with E-state index in [1.807, 2.05) is 0 Å². The average molecular weight is 283 g/mol. The lowest BCUT2D eigenvalue weighted by atomic mass is 10.2. The number of nitrogen functional groups attached to an aromatic ring is 1. The van der Waals surface area contributed by atoms with Crippen LogP contribution in [0.1, 0.15) is 29.6 Å². The third-order valence-corrected chi connectivity index (χ3v) is 2.88. The lowest BCUT2D eigenvalue weighted by molar-refractivity contribution is -0.121. The van der Waals surface area contributed by atoms with Crippen molar-refractivity contribution in [1.29, 1.82) is 0 Å². The molecule has 1 aromatic rings. The van der Waals surface area contributed by atoms with Gasteiger partial charge >= 0.3 is 5.97 Å². The number of rotatable bonds is 5. The number of carbonyl (C=O) groups is 2. The number of benzene rings is 1. The van der Waals surface area contributed by atoms with Crippen LogP contribution < -0.4 is 11.1 Å². The van der Waals surface area contributed by atoms with Gasteiger partial charge in [-0.05, 0) is 31.0 Å². The van der Waals surface area contributed by atoms with E-state index in [2.05, 4.69) is 5.32 Å². The van der Waals surface area contributed by atoms with E-state index in [0.717, 1.165) is 12.8 Å². The molecule has 3 N–H and O–H groups in total. The normalized spacial score (nSPS) is 13.9. The minimum atomic E-state index is -0.534. The molecule has 1 fully saturated rings. The minimum absolute atomic E-state index is 0.0454. The van der Waals surface area contributed by atoms with Gasteiger partial charge in [0.1, 0.15) is 6.61 Å². The third kappa shape index (κ3) is 4.44. The average Bonchev–Trinajstić information content (AvgIpc) is 3.11. The maximum absolute atomic E-state index is 11.7. The summed E-state index contributed by atoms with van der Waals surface area (Å²) >= 11 is 5.79. The first-order valence-corrected chi connectivity index (χ1v) is 6.45. The van der Waals surface area contributed by atoms with Gasteiger partial charge in [0.05, 0.1) is 12.0 Å². The molecule has 6 heteroatoms. The molecule has 0 unspecified atom stereocenters. The van der Waals surface area contributed by atoms with E-state index >= 15 is 0 Å². The highest BCUT2D eigenvalue weighted by Gasteiger charge is 2.23. The lowest BCUT2D eigenvalue weighted by Crippen LogP contribution is -2.26. The molecule has 2 rings (SSSR count). The monoisotopic (exact) mass is 282 g/mol. The second-order valence-electron chi connectivity index (χ2n) is 4.50. The van der Waals surface area contributed by atoms with E-state index < -0.39 is 5.97 Å². The molecule has 1 aliphatic carbocycles. The number of amides is 1. The zero-order chi connectivity index (χ0) is 13.8. The summed E-state index contributed by atoms with van der Waals surface area (Å²) in [4.78, 5) is 23.1. The molecule has 1 aromatic carbocycles. The first-order chi connectivity index (χ1) is 9.04. The Morgan fingerprint density at radius 2 is 2.11 bits per heavy atom. The smallest absolute Gasteiger partial charge is 0.338 e. The van der Waals surface area contributed by atoms with Crippen molar-refractivity contribution in [3.8, 4) is 0 Å². The van der Waals surface area contributed by atoms with E-state index in [-0.39, 0.29) is 24.5 Å². The molecule has 5 nitrogen and oxygen atoms in total. The van der Waals surface area contributed by atoms with Crippen LogP contribution in [-0.4, -0.2) is 24.5 Å². The highest BCUT2D eigenvalue weighted by Crippen LogP contribution is 2.19. The summed E-state index contributed by atoms with van der Waals surface area (Å²) in [5, 5.41) is 3.19. The van der Waals surface area contributed by atoms with E-state index in [4.69, 9.17) is 22.1 Å². The van der Waals surface area contributed by atoms with Crippen LogP contribution in [0.15, 0.2) is 18.2 Å². The first-order valence-electron chi connectivity index (χ1n) is 6.07. The van der Waals surface area contributed by atoms with Crippen molar-refractivity contribution < 1.29 is 14.3 Å². The molecular formula is C13H15ClN2O3. The molecule has 0 saturated heterocycles. The van der Waals surface area contributed by atoms with Crippen molar-refractivity contribution >= 4 is 29.2 Å². The molecule has 19 heavy (non-hydrogen) atoms. The van der Waals surface area contributed by atoms with Crippen LogP contribution in [0.4, 0.5) is 5.69 Å². The predicted molar refractivity (Wildman–Crippen MR) is 71.9 cm³/mol. The number of anilines is 1. The van der Waals surface area contributed by atoms with Gasteiger partial charge in [0.25, 0.3) is 0 Å². The number of halogens is 1. The number of carbonyl (C=O) groups excluding carboxylic acids is 2. The Kier molecular flexibility index (Phi) is 4.27. The first kappa shape index (κ1) is 13.7. The maximum atomic E-state index is 11.7. The van der Waals surface area contributed by atoms with Crippen molar-refractivity contribution in [2.24, 2.45) is 0 Å². The molecule has 1 saturated carbocycles. The Morgan fingerprint density at radius 1 is 1.37 bits per heavy atom. The molecule has 0 atom stereocenters. The van der Waals surface area contributed by atoms with Crippen LogP contribution in [-0.2, 0) is 9.53 Å². The molecule has 1 aliphatic rings. The SMILES string of the molecule is Nc1cc(Cl)cc(C(=O)OCCC(=O)NC2CC2)c1. The molecule has 0 spiro atoms. The van der Waals surface area contributed by atoms with Crippen molar-refractivity contribution in [2.45, 2.75) is 25.3 Å². The van der Waals surface area contributed by atoms with Gasteiger partial charge in [-0.3, -0.25) is 4.79 Å². The van der Waals surface area contributed by atoms with E-state index in [9.17, 15) is 9.59 Å². The molecule has 0 aromatic heterocycles. The molecular weight excluding hydrogens is 268 g/mol. The van der Waals surface area contributed by atoms with Gasteiger partial charge in [-0.25, -0.2) is 4.79 Å². The van der Waals surface area contributed by atoms with Gasteiger partial charge < -0.3 is 15.8 Å². The second-order valence-corrected chi connectivity index (χ2v) is 4.94. The van der Waals surface area contributed by atoms with Crippen LogP contribution >= 0.6 is 11.6 Å². The molecule has 1 amide bonds. The Balaban J connectivity index is 1.78. The van der Waals surface area contributed by atoms with Crippen LogP contribution in [0.25, 0.3) is 0 Å². The summed E-state index contributed by atoms with van der Waals surface area (Å²) in [5.74, 6) is -0.630. The number of ether oxygens (including phenoxy) is 1. The second kappa shape index (κ2) is 5.93. The summed E-state index contributed by atoms with van der Waals surface area (Å²) in [5.41, 5.74) is 6.26. The zero-order valence-electron chi connectivity index (χ0n) is 10.3. The van der Waals surface area contributed by atoms with Gasteiger partial charge in [0.15, 0.2) is 0 Å². The fourth-order valence-electron chi connectivity index (χ4n) is 1.58. The predicted octanol–water partition coefficient (Wildman–Crippen LogP) is 1.75. The van der Waals surface area contributed by atoms with Crippen LogP contribution in [0.2, 0.25) is 5.02 Å². The summed E-state index contributed by atoms with van der Waals surface area (Å²) in [6.07, 6.45) is 2.24. The lowest BCUT2D eigenvalue weighted by Gasteiger charge is -2.06. The summed E-state index contributed by atoms with van der Waals surface area (Å²) in [6.45, 7) is 0.0454. The van der Waals surface area contributed by atoms with E-state index in [1.54, 1.807) is 6.07 Å². The van der Waals surface area contributed by atoms with Crippen molar-refractivity contribution in [1.82, 2.24) is 5.32 Å². The number of hydrogen-bond acceptors (Lipinski definition) is 4. The molecule has 0 radical (unpaired) electrons. The summed E-state index contributed by atoms with van der Waals surface area (Å²) in [7, 11) is 0. The summed E-state index contributed by atoms with van der Waals surface area (Å²) < 4.78 is 5.00. The van der Waals surface area contributed by atoms with Crippen molar-refractivity contribution in [3.05, 3.63) is 28.8 Å². The number of hydrogen-bond donors (Lipinski definition) is 2. The Labute approximate surface area is 116 Å². The fourth-order valence-corrected chi connectivity index (χ4v) is 1.82. The quantitative estimate of drug-likeness (QED) is 0.637. The van der Waals surface area contributed by atoms with Gasteiger partial charge in [-0.15, -0.1) is 0 Å². The highest BCUT2D eigenvalue weighted by atomic mass is 35.5. The van der Waals surface area contributed by atoms with E-state index in [0.29, 0.717) is 16.8 Å². The van der Waals surface area contributed by atoms with E-state index in [1.165, 1.54) is 12.1 Å². The minimum Gasteiger partial charge on any atom is -0.462 e. The number of nitrogens with two attached hydrogens (primary N) is 1. The Hall–Kier alpha value is -1.75. The van der Waals surface area contributed by atoms with Gasteiger partial charge in [-0.2, -0.15) is 0 Å². The Morgan fingerprint density at radius 3 is 2.74 bits per heavy atom. The third-order valence-electron chi connectivity index (χ3n) is 2.66. The van der Waals surface area contributed by atoms with Crippen LogP contribution in [0.5, 0.6) is 0 Å². The fraction of sp³-hybridized carbons (Fsp3) is 0.385. The Bertz CT molecular complexity index is 480. The molecule has 0 heterocycles.